The standard InChI is InChI=1S/C23H29ClN2O3/c24-18-4-6-20(7-5-18)29-21-3-1-2-17(14-21)15-25-11-10-22(23(28)16-25)26-12-8-19(27)9-13-26/h1-7,14,19,22-23,27-28H,8-13,15-16H2. The van der Waals surface area contributed by atoms with Crippen molar-refractivity contribution in [2.45, 2.75) is 44.1 Å². The summed E-state index contributed by atoms with van der Waals surface area (Å²) in [7, 11) is 0. The summed E-state index contributed by atoms with van der Waals surface area (Å²) in [4.78, 5) is 4.66. The van der Waals surface area contributed by atoms with Gasteiger partial charge in [-0.1, -0.05) is 23.7 Å². The number of likely N-dealkylation sites (tertiary alicyclic amines) is 2. The second-order valence-corrected chi connectivity index (χ2v) is 8.57. The fourth-order valence-corrected chi connectivity index (χ4v) is 4.50. The van der Waals surface area contributed by atoms with E-state index in [0.29, 0.717) is 11.6 Å². The molecule has 0 spiro atoms. The lowest BCUT2D eigenvalue weighted by Crippen LogP contribution is -2.55. The number of hydrogen-bond acceptors (Lipinski definition) is 5. The molecule has 0 radical (unpaired) electrons. The second kappa shape index (κ2) is 9.45. The highest BCUT2D eigenvalue weighted by Gasteiger charge is 2.33. The fourth-order valence-electron chi connectivity index (χ4n) is 4.38. The third-order valence-corrected chi connectivity index (χ3v) is 6.20. The van der Waals surface area contributed by atoms with Crippen LogP contribution in [0.3, 0.4) is 0 Å². The molecular formula is C23H29ClN2O3. The first-order chi connectivity index (χ1) is 14.1. The molecule has 2 N–H and O–H groups in total. The highest BCUT2D eigenvalue weighted by molar-refractivity contribution is 6.30. The minimum atomic E-state index is -0.354. The molecule has 6 heteroatoms. The zero-order chi connectivity index (χ0) is 20.2. The summed E-state index contributed by atoms with van der Waals surface area (Å²) in [5, 5.41) is 21.1. The Morgan fingerprint density at radius 1 is 0.931 bits per heavy atom. The first-order valence-electron chi connectivity index (χ1n) is 10.4. The zero-order valence-electron chi connectivity index (χ0n) is 16.6. The van der Waals surface area contributed by atoms with E-state index in [2.05, 4.69) is 21.9 Å². The van der Waals surface area contributed by atoms with E-state index in [4.69, 9.17) is 16.3 Å². The summed E-state index contributed by atoms with van der Waals surface area (Å²) in [5.41, 5.74) is 1.17. The first kappa shape index (κ1) is 20.6. The Morgan fingerprint density at radius 3 is 2.41 bits per heavy atom. The molecule has 0 aromatic heterocycles. The maximum absolute atomic E-state index is 10.7. The number of aliphatic hydroxyl groups is 2. The number of ether oxygens (including phenoxy) is 1. The van der Waals surface area contributed by atoms with Crippen LogP contribution in [0.1, 0.15) is 24.8 Å². The van der Waals surface area contributed by atoms with Crippen molar-refractivity contribution in [3.63, 3.8) is 0 Å². The Balaban J connectivity index is 1.32. The Bertz CT molecular complexity index is 793. The van der Waals surface area contributed by atoms with Crippen LogP contribution in [0.25, 0.3) is 0 Å². The molecular weight excluding hydrogens is 388 g/mol. The van der Waals surface area contributed by atoms with E-state index >= 15 is 0 Å². The predicted octanol–water partition coefficient (Wildman–Crippen LogP) is 3.52. The molecule has 2 aromatic carbocycles. The van der Waals surface area contributed by atoms with Crippen LogP contribution < -0.4 is 4.74 Å². The molecule has 2 atom stereocenters. The number of halogens is 1. The number of β-amino-alcohol motifs (C(OH)–C–C–N with tert-alkyl or cyclic N) is 1. The molecule has 0 saturated carbocycles. The second-order valence-electron chi connectivity index (χ2n) is 8.13. The van der Waals surface area contributed by atoms with E-state index < -0.39 is 0 Å². The van der Waals surface area contributed by atoms with E-state index in [1.54, 1.807) is 0 Å². The zero-order valence-corrected chi connectivity index (χ0v) is 17.3. The van der Waals surface area contributed by atoms with Crippen LogP contribution in [0.15, 0.2) is 48.5 Å². The van der Waals surface area contributed by atoms with Crippen molar-refractivity contribution < 1.29 is 14.9 Å². The maximum atomic E-state index is 10.7. The van der Waals surface area contributed by atoms with Gasteiger partial charge in [0.2, 0.25) is 0 Å². The normalized spacial score (nSPS) is 24.5. The number of piperidine rings is 2. The van der Waals surface area contributed by atoms with E-state index in [9.17, 15) is 10.2 Å². The molecule has 0 amide bonds. The minimum Gasteiger partial charge on any atom is -0.457 e. The van der Waals surface area contributed by atoms with Gasteiger partial charge in [-0.15, -0.1) is 0 Å². The SMILES string of the molecule is OC1CCN(C2CCN(Cc3cccc(Oc4ccc(Cl)cc4)c3)CC2O)CC1. The number of rotatable bonds is 5. The van der Waals surface area contributed by atoms with Crippen molar-refractivity contribution in [3.8, 4) is 11.5 Å². The maximum Gasteiger partial charge on any atom is 0.127 e. The summed E-state index contributed by atoms with van der Waals surface area (Å²) < 4.78 is 5.94. The lowest BCUT2D eigenvalue weighted by molar-refractivity contribution is -0.0355. The molecule has 2 aliphatic heterocycles. The largest absolute Gasteiger partial charge is 0.457 e. The Kier molecular flexibility index (Phi) is 6.73. The van der Waals surface area contributed by atoms with Gasteiger partial charge in [-0.2, -0.15) is 0 Å². The van der Waals surface area contributed by atoms with E-state index in [1.807, 2.05) is 36.4 Å². The van der Waals surface area contributed by atoms with Crippen molar-refractivity contribution in [3.05, 3.63) is 59.1 Å². The molecule has 2 saturated heterocycles. The highest BCUT2D eigenvalue weighted by atomic mass is 35.5. The number of aliphatic hydroxyl groups excluding tert-OH is 2. The van der Waals surface area contributed by atoms with Gasteiger partial charge in [0.25, 0.3) is 0 Å². The molecule has 2 aliphatic rings. The average Bonchev–Trinajstić information content (AvgIpc) is 2.71. The van der Waals surface area contributed by atoms with Crippen LogP contribution in [0.4, 0.5) is 0 Å². The molecule has 4 rings (SSSR count). The molecule has 0 aliphatic carbocycles. The lowest BCUT2D eigenvalue weighted by Gasteiger charge is -2.43. The molecule has 5 nitrogen and oxygen atoms in total. The van der Waals surface area contributed by atoms with E-state index in [0.717, 1.165) is 56.9 Å². The summed E-state index contributed by atoms with van der Waals surface area (Å²) in [6.07, 6.45) is 2.05. The van der Waals surface area contributed by atoms with Crippen molar-refractivity contribution in [2.24, 2.45) is 0 Å². The predicted molar refractivity (Wildman–Crippen MR) is 114 cm³/mol. The molecule has 29 heavy (non-hydrogen) atoms. The fraction of sp³-hybridized carbons (Fsp3) is 0.478. The van der Waals surface area contributed by atoms with Crippen molar-refractivity contribution in [2.75, 3.05) is 26.2 Å². The van der Waals surface area contributed by atoms with Gasteiger partial charge in [-0.05, 0) is 61.2 Å². The van der Waals surface area contributed by atoms with Gasteiger partial charge in [-0.3, -0.25) is 9.80 Å². The van der Waals surface area contributed by atoms with Crippen LogP contribution in [-0.2, 0) is 6.54 Å². The monoisotopic (exact) mass is 416 g/mol. The first-order valence-corrected chi connectivity index (χ1v) is 10.8. The van der Waals surface area contributed by atoms with Crippen molar-refractivity contribution >= 4 is 11.6 Å². The summed E-state index contributed by atoms with van der Waals surface area (Å²) >= 11 is 5.93. The van der Waals surface area contributed by atoms with Gasteiger partial charge in [0, 0.05) is 43.8 Å². The van der Waals surface area contributed by atoms with Gasteiger partial charge in [0.05, 0.1) is 12.2 Å². The van der Waals surface area contributed by atoms with Gasteiger partial charge < -0.3 is 14.9 Å². The van der Waals surface area contributed by atoms with Crippen molar-refractivity contribution in [1.82, 2.24) is 9.80 Å². The number of benzene rings is 2. The van der Waals surface area contributed by atoms with Crippen LogP contribution in [0, 0.1) is 0 Å². The van der Waals surface area contributed by atoms with Crippen LogP contribution in [-0.4, -0.2) is 64.4 Å². The third-order valence-electron chi connectivity index (χ3n) is 5.95. The number of nitrogens with zero attached hydrogens (tertiary/aromatic N) is 2. The van der Waals surface area contributed by atoms with E-state index in [1.165, 1.54) is 5.56 Å². The van der Waals surface area contributed by atoms with E-state index in [-0.39, 0.29) is 18.2 Å². The molecule has 2 heterocycles. The quantitative estimate of drug-likeness (QED) is 0.781. The smallest absolute Gasteiger partial charge is 0.127 e. The van der Waals surface area contributed by atoms with Crippen LogP contribution in [0.2, 0.25) is 5.02 Å². The van der Waals surface area contributed by atoms with Gasteiger partial charge >= 0.3 is 0 Å². The molecule has 0 bridgehead atoms. The molecule has 2 fully saturated rings. The Morgan fingerprint density at radius 2 is 1.69 bits per heavy atom. The van der Waals surface area contributed by atoms with Crippen molar-refractivity contribution in [1.29, 1.82) is 0 Å². The Hall–Kier alpha value is -1.63. The van der Waals surface area contributed by atoms with Gasteiger partial charge in [-0.25, -0.2) is 0 Å². The van der Waals surface area contributed by atoms with Gasteiger partial charge in [0.1, 0.15) is 11.5 Å². The van der Waals surface area contributed by atoms with Crippen LogP contribution >= 0.6 is 11.6 Å². The lowest BCUT2D eigenvalue weighted by atomic mass is 9.96. The molecule has 2 aromatic rings. The summed E-state index contributed by atoms with van der Waals surface area (Å²) in [5.74, 6) is 1.56. The highest BCUT2D eigenvalue weighted by Crippen LogP contribution is 2.26. The average molecular weight is 417 g/mol. The third kappa shape index (κ3) is 5.50. The topological polar surface area (TPSA) is 56.2 Å². The Labute approximate surface area is 177 Å². The molecule has 2 unspecified atom stereocenters. The summed E-state index contributed by atoms with van der Waals surface area (Å²) in [6.45, 7) is 4.19. The van der Waals surface area contributed by atoms with Gasteiger partial charge in [0.15, 0.2) is 0 Å². The van der Waals surface area contributed by atoms with Crippen LogP contribution in [0.5, 0.6) is 11.5 Å². The minimum absolute atomic E-state index is 0.175. The molecule has 156 valence electrons. The number of hydrogen-bond donors (Lipinski definition) is 2. The summed E-state index contributed by atoms with van der Waals surface area (Å²) in [6, 6.07) is 15.7.